The van der Waals surface area contributed by atoms with Gasteiger partial charge in [0.2, 0.25) is 0 Å². The van der Waals surface area contributed by atoms with Crippen LogP contribution < -0.4 is 16.2 Å². The summed E-state index contributed by atoms with van der Waals surface area (Å²) < 4.78 is 6.69. The Balaban J connectivity index is 1.80. The van der Waals surface area contributed by atoms with Crippen LogP contribution in [0.25, 0.3) is 5.95 Å². The number of aryl methyl sites for hydroxylation is 1. The summed E-state index contributed by atoms with van der Waals surface area (Å²) >= 11 is 0. The van der Waals surface area contributed by atoms with Gasteiger partial charge < -0.3 is 10.5 Å². The van der Waals surface area contributed by atoms with Crippen molar-refractivity contribution in [2.24, 2.45) is 5.73 Å². The number of nitrogens with two attached hydrogens (primary N) is 1. The lowest BCUT2D eigenvalue weighted by molar-refractivity contribution is 0.413. The van der Waals surface area contributed by atoms with E-state index in [-0.39, 0.29) is 17.7 Å². The van der Waals surface area contributed by atoms with Crippen LogP contribution in [0.3, 0.4) is 0 Å². The Kier molecular flexibility index (Phi) is 6.30. The van der Waals surface area contributed by atoms with Crippen LogP contribution >= 0.6 is 0 Å². The molecule has 168 valence electrons. The largest absolute Gasteiger partial charge is 0.497 e. The van der Waals surface area contributed by atoms with Gasteiger partial charge in [-0.05, 0) is 47.7 Å². The molecule has 2 aromatic heterocycles. The van der Waals surface area contributed by atoms with Crippen LogP contribution in [0.4, 0.5) is 0 Å². The molecule has 9 nitrogen and oxygen atoms in total. The second-order valence-electron chi connectivity index (χ2n) is 7.61. The lowest BCUT2D eigenvalue weighted by atomic mass is 9.89. The van der Waals surface area contributed by atoms with E-state index < -0.39 is 5.69 Å². The molecular weight excluding hydrogens is 418 g/mol. The number of hydrogen-bond donors (Lipinski definition) is 3. The first-order valence-electron chi connectivity index (χ1n) is 10.6. The molecule has 0 bridgehead atoms. The third kappa shape index (κ3) is 4.82. The number of H-pyrrole nitrogens is 1. The Bertz CT molecular complexity index is 1290. The normalized spacial score (nSPS) is 11.8. The molecule has 1 atom stereocenters. The molecule has 0 fully saturated rings. The number of rotatable bonds is 8. The maximum atomic E-state index is 12.7. The van der Waals surface area contributed by atoms with E-state index in [9.17, 15) is 4.79 Å². The lowest BCUT2D eigenvalue weighted by Gasteiger charge is -2.17. The smallest absolute Gasteiger partial charge is 0.350 e. The molecule has 0 amide bonds. The average molecular weight is 444 g/mol. The second kappa shape index (κ2) is 9.47. The molecule has 0 aliphatic carbocycles. The third-order valence-corrected chi connectivity index (χ3v) is 5.45. The minimum Gasteiger partial charge on any atom is -0.497 e. The topological polar surface area (TPSA) is 136 Å². The van der Waals surface area contributed by atoms with Crippen LogP contribution in [0.1, 0.15) is 40.9 Å². The number of aromatic amines is 1. The van der Waals surface area contributed by atoms with Crippen molar-refractivity contribution in [1.29, 1.82) is 5.41 Å². The van der Waals surface area contributed by atoms with Gasteiger partial charge in [-0.2, -0.15) is 0 Å². The molecule has 0 aliphatic heterocycles. The molecule has 1 unspecified atom stereocenters. The fourth-order valence-electron chi connectivity index (χ4n) is 3.67. The minimum absolute atomic E-state index is 0.0180. The number of methoxy groups -OCH3 is 1. The van der Waals surface area contributed by atoms with Gasteiger partial charge in [0, 0.05) is 23.9 Å². The lowest BCUT2D eigenvalue weighted by Crippen LogP contribution is -2.18. The van der Waals surface area contributed by atoms with E-state index in [2.05, 4.69) is 33.0 Å². The number of amidine groups is 1. The number of aromatic nitrogens is 5. The highest BCUT2D eigenvalue weighted by Crippen LogP contribution is 2.30. The van der Waals surface area contributed by atoms with Crippen molar-refractivity contribution >= 4 is 5.84 Å². The summed E-state index contributed by atoms with van der Waals surface area (Å²) in [5.41, 5.74) is 8.94. The summed E-state index contributed by atoms with van der Waals surface area (Å²) in [6.07, 6.45) is 4.53. The van der Waals surface area contributed by atoms with Crippen LogP contribution in [-0.4, -0.2) is 37.7 Å². The molecule has 4 aromatic rings. The van der Waals surface area contributed by atoms with Gasteiger partial charge in [0.1, 0.15) is 17.4 Å². The van der Waals surface area contributed by atoms with Crippen LogP contribution in [0.15, 0.2) is 65.7 Å². The second-order valence-corrected chi connectivity index (χ2v) is 7.61. The zero-order chi connectivity index (χ0) is 23.4. The van der Waals surface area contributed by atoms with Gasteiger partial charge in [0.15, 0.2) is 0 Å². The molecule has 0 radical (unpaired) electrons. The molecule has 0 spiro atoms. The summed E-state index contributed by atoms with van der Waals surface area (Å²) in [5, 5.41) is 12.2. The van der Waals surface area contributed by atoms with Gasteiger partial charge in [0.05, 0.1) is 7.11 Å². The Labute approximate surface area is 190 Å². The summed E-state index contributed by atoms with van der Waals surface area (Å²) in [5.74, 6) is 1.21. The van der Waals surface area contributed by atoms with Crippen molar-refractivity contribution in [3.8, 4) is 11.7 Å². The van der Waals surface area contributed by atoms with Gasteiger partial charge in [-0.1, -0.05) is 37.3 Å². The van der Waals surface area contributed by atoms with Crippen molar-refractivity contribution in [2.75, 3.05) is 7.11 Å². The van der Waals surface area contributed by atoms with Gasteiger partial charge in [-0.25, -0.2) is 14.8 Å². The summed E-state index contributed by atoms with van der Waals surface area (Å²) in [4.78, 5) is 23.9. The highest BCUT2D eigenvalue weighted by molar-refractivity contribution is 5.94. The first-order valence-corrected chi connectivity index (χ1v) is 10.6. The Hall–Kier alpha value is -4.27. The average Bonchev–Trinajstić information content (AvgIpc) is 3.24. The maximum Gasteiger partial charge on any atom is 0.350 e. The predicted octanol–water partition coefficient (Wildman–Crippen LogP) is 2.58. The Morgan fingerprint density at radius 1 is 1.15 bits per heavy atom. The first-order chi connectivity index (χ1) is 16.0. The number of nitrogens with one attached hydrogen (secondary N) is 2. The van der Waals surface area contributed by atoms with E-state index in [1.54, 1.807) is 25.6 Å². The highest BCUT2D eigenvalue weighted by Gasteiger charge is 2.22. The zero-order valence-corrected chi connectivity index (χ0v) is 18.4. The van der Waals surface area contributed by atoms with Crippen molar-refractivity contribution in [1.82, 2.24) is 24.7 Å². The summed E-state index contributed by atoms with van der Waals surface area (Å²) in [6.45, 7) is 2.08. The number of nitrogens with zero attached hydrogens (tertiary/aromatic N) is 4. The van der Waals surface area contributed by atoms with E-state index in [4.69, 9.17) is 15.9 Å². The van der Waals surface area contributed by atoms with Gasteiger partial charge in [-0.15, -0.1) is 9.78 Å². The zero-order valence-electron chi connectivity index (χ0n) is 18.4. The minimum atomic E-state index is -0.410. The van der Waals surface area contributed by atoms with E-state index in [1.807, 2.05) is 36.4 Å². The molecule has 4 rings (SSSR count). The number of nitrogen functional groups attached to an aromatic ring is 1. The van der Waals surface area contributed by atoms with Crippen LogP contribution in [0.2, 0.25) is 0 Å². The molecule has 9 heteroatoms. The van der Waals surface area contributed by atoms with Crippen molar-refractivity contribution in [2.45, 2.75) is 25.7 Å². The highest BCUT2D eigenvalue weighted by atomic mass is 16.5. The van der Waals surface area contributed by atoms with Crippen LogP contribution in [-0.2, 0) is 12.8 Å². The Morgan fingerprint density at radius 3 is 2.52 bits per heavy atom. The fourth-order valence-corrected chi connectivity index (χ4v) is 3.67. The molecular formula is C24H25N7O2. The monoisotopic (exact) mass is 443 g/mol. The number of benzene rings is 2. The Morgan fingerprint density at radius 2 is 1.88 bits per heavy atom. The van der Waals surface area contributed by atoms with E-state index in [0.29, 0.717) is 17.8 Å². The molecule has 0 saturated carbocycles. The van der Waals surface area contributed by atoms with Crippen molar-refractivity contribution in [3.63, 3.8) is 0 Å². The molecule has 4 N–H and O–H groups in total. The standard InChI is InChI=1S/C24H25N7O2/c1-3-15-11-18(14-19(12-15)33-2)20(13-16-5-7-17(8-6-16)21(25)26)22-29-24(32)31(30-22)23-27-9-4-10-28-23/h4-12,14,20H,3,13H2,1-2H3,(H3,25,26)(H,29,30,32). The third-order valence-electron chi connectivity index (χ3n) is 5.45. The van der Waals surface area contributed by atoms with E-state index >= 15 is 0 Å². The van der Waals surface area contributed by atoms with E-state index in [0.717, 1.165) is 28.9 Å². The van der Waals surface area contributed by atoms with Crippen LogP contribution in [0, 0.1) is 5.41 Å². The molecule has 0 aliphatic rings. The first kappa shape index (κ1) is 21.9. The molecule has 0 saturated heterocycles. The number of hydrogen-bond acceptors (Lipinski definition) is 6. The van der Waals surface area contributed by atoms with Crippen molar-refractivity contribution in [3.05, 3.63) is 99.5 Å². The summed E-state index contributed by atoms with van der Waals surface area (Å²) in [6, 6.07) is 15.2. The van der Waals surface area contributed by atoms with Gasteiger partial charge >= 0.3 is 5.69 Å². The summed E-state index contributed by atoms with van der Waals surface area (Å²) in [7, 11) is 1.64. The molecule has 33 heavy (non-hydrogen) atoms. The fraction of sp³-hybridized carbons (Fsp3) is 0.208. The maximum absolute atomic E-state index is 12.7. The SMILES string of the molecule is CCc1cc(OC)cc(C(Cc2ccc(C(=N)N)cc2)c2nn(-c3ncccn3)c(=O)[nH]2)c1. The van der Waals surface area contributed by atoms with E-state index in [1.165, 1.54) is 4.68 Å². The van der Waals surface area contributed by atoms with Gasteiger partial charge in [0.25, 0.3) is 5.95 Å². The van der Waals surface area contributed by atoms with Crippen molar-refractivity contribution < 1.29 is 4.74 Å². The number of ether oxygens (including phenoxy) is 1. The predicted molar refractivity (Wildman–Crippen MR) is 125 cm³/mol. The van der Waals surface area contributed by atoms with Crippen LogP contribution in [0.5, 0.6) is 5.75 Å². The van der Waals surface area contributed by atoms with Gasteiger partial charge in [-0.3, -0.25) is 10.4 Å². The molecule has 2 aromatic carbocycles. The quantitative estimate of drug-likeness (QED) is 0.283. The molecule has 2 heterocycles.